The van der Waals surface area contributed by atoms with E-state index in [1.807, 2.05) is 11.4 Å². The van der Waals surface area contributed by atoms with Gasteiger partial charge in [-0.05, 0) is 56.8 Å². The molecule has 0 aromatic carbocycles. The van der Waals surface area contributed by atoms with Crippen LogP contribution in [0.5, 0.6) is 0 Å². The van der Waals surface area contributed by atoms with E-state index in [0.717, 1.165) is 32.5 Å². The van der Waals surface area contributed by atoms with Crippen LogP contribution in [-0.2, 0) is 4.79 Å². The predicted octanol–water partition coefficient (Wildman–Crippen LogP) is 1.71. The molecule has 1 aliphatic rings. The molecule has 1 fully saturated rings. The van der Waals surface area contributed by atoms with Crippen molar-refractivity contribution in [2.45, 2.75) is 32.7 Å². The summed E-state index contributed by atoms with van der Waals surface area (Å²) < 4.78 is 0. The molecule has 1 atom stereocenters. The highest BCUT2D eigenvalue weighted by atomic mass is 32.1. The zero-order valence-electron chi connectivity index (χ0n) is 13.3. The van der Waals surface area contributed by atoms with Gasteiger partial charge in [-0.3, -0.25) is 9.59 Å². The molecule has 1 aromatic rings. The van der Waals surface area contributed by atoms with Crippen molar-refractivity contribution in [2.75, 3.05) is 26.2 Å². The Labute approximate surface area is 136 Å². The average molecular weight is 323 g/mol. The molecule has 2 rings (SSSR count). The van der Waals surface area contributed by atoms with Crippen LogP contribution in [0.15, 0.2) is 17.5 Å². The largest absolute Gasteiger partial charge is 0.354 e. The standard InChI is InChI=1S/C16H25N3O2S/c1-3-19-8-6-13(7-9-19)11-17-15(20)12(2)18-16(21)14-5-4-10-22-14/h4-5,10,12-13H,3,6-9,11H2,1-2H3,(H,17,20)(H,18,21)/t12-/m0/s1. The summed E-state index contributed by atoms with van der Waals surface area (Å²) in [6, 6.07) is 3.07. The van der Waals surface area contributed by atoms with Crippen LogP contribution in [0.3, 0.4) is 0 Å². The highest BCUT2D eigenvalue weighted by molar-refractivity contribution is 7.12. The number of piperidine rings is 1. The third kappa shape index (κ3) is 4.81. The highest BCUT2D eigenvalue weighted by Crippen LogP contribution is 2.15. The number of rotatable bonds is 6. The summed E-state index contributed by atoms with van der Waals surface area (Å²) in [6.07, 6.45) is 2.26. The molecule has 122 valence electrons. The Morgan fingerprint density at radius 2 is 2.14 bits per heavy atom. The first kappa shape index (κ1) is 17.0. The number of carbonyl (C=O) groups excluding carboxylic acids is 2. The second-order valence-electron chi connectivity index (χ2n) is 5.80. The summed E-state index contributed by atoms with van der Waals surface area (Å²) in [7, 11) is 0. The molecular formula is C16H25N3O2S. The molecule has 5 nitrogen and oxygen atoms in total. The van der Waals surface area contributed by atoms with Crippen LogP contribution in [-0.4, -0.2) is 48.9 Å². The molecule has 0 saturated carbocycles. The van der Waals surface area contributed by atoms with E-state index in [9.17, 15) is 9.59 Å². The van der Waals surface area contributed by atoms with Gasteiger partial charge in [-0.15, -0.1) is 11.3 Å². The summed E-state index contributed by atoms with van der Waals surface area (Å²) in [6.45, 7) is 7.93. The van der Waals surface area contributed by atoms with Crippen molar-refractivity contribution >= 4 is 23.2 Å². The van der Waals surface area contributed by atoms with Crippen molar-refractivity contribution in [3.63, 3.8) is 0 Å². The highest BCUT2D eigenvalue weighted by Gasteiger charge is 2.21. The van der Waals surface area contributed by atoms with Gasteiger partial charge in [0, 0.05) is 6.54 Å². The molecular weight excluding hydrogens is 298 g/mol. The van der Waals surface area contributed by atoms with Crippen LogP contribution in [0.2, 0.25) is 0 Å². The van der Waals surface area contributed by atoms with Gasteiger partial charge in [0.1, 0.15) is 6.04 Å². The third-order valence-electron chi connectivity index (χ3n) is 4.21. The molecule has 0 aliphatic carbocycles. The predicted molar refractivity (Wildman–Crippen MR) is 89.1 cm³/mol. The number of nitrogens with zero attached hydrogens (tertiary/aromatic N) is 1. The monoisotopic (exact) mass is 323 g/mol. The van der Waals surface area contributed by atoms with Crippen molar-refractivity contribution in [1.82, 2.24) is 15.5 Å². The second kappa shape index (κ2) is 8.29. The minimum absolute atomic E-state index is 0.108. The normalized spacial score (nSPS) is 17.9. The van der Waals surface area contributed by atoms with Crippen molar-refractivity contribution in [2.24, 2.45) is 5.92 Å². The van der Waals surface area contributed by atoms with Crippen LogP contribution < -0.4 is 10.6 Å². The quantitative estimate of drug-likeness (QED) is 0.838. The summed E-state index contributed by atoms with van der Waals surface area (Å²) >= 11 is 1.37. The number of hydrogen-bond donors (Lipinski definition) is 2. The van der Waals surface area contributed by atoms with Crippen molar-refractivity contribution in [1.29, 1.82) is 0 Å². The lowest BCUT2D eigenvalue weighted by Gasteiger charge is -2.31. The third-order valence-corrected chi connectivity index (χ3v) is 5.07. The number of hydrogen-bond acceptors (Lipinski definition) is 4. The van der Waals surface area contributed by atoms with Crippen LogP contribution in [0, 0.1) is 5.92 Å². The van der Waals surface area contributed by atoms with Crippen molar-refractivity contribution in [3.05, 3.63) is 22.4 Å². The molecule has 22 heavy (non-hydrogen) atoms. The zero-order valence-corrected chi connectivity index (χ0v) is 14.1. The molecule has 0 radical (unpaired) electrons. The Bertz CT molecular complexity index is 482. The molecule has 1 saturated heterocycles. The van der Waals surface area contributed by atoms with Gasteiger partial charge in [-0.25, -0.2) is 0 Å². The van der Waals surface area contributed by atoms with Crippen LogP contribution in [0.25, 0.3) is 0 Å². The fraction of sp³-hybridized carbons (Fsp3) is 0.625. The zero-order chi connectivity index (χ0) is 15.9. The number of likely N-dealkylation sites (tertiary alicyclic amines) is 1. The van der Waals surface area contributed by atoms with E-state index in [4.69, 9.17) is 0 Å². The van der Waals surface area contributed by atoms with E-state index in [1.165, 1.54) is 11.3 Å². The lowest BCUT2D eigenvalue weighted by Crippen LogP contribution is -2.46. The maximum absolute atomic E-state index is 12.1. The first-order valence-corrected chi connectivity index (χ1v) is 8.82. The molecule has 0 spiro atoms. The van der Waals surface area contributed by atoms with Gasteiger partial charge < -0.3 is 15.5 Å². The molecule has 1 aliphatic heterocycles. The van der Waals surface area contributed by atoms with Crippen LogP contribution in [0.4, 0.5) is 0 Å². The van der Waals surface area contributed by atoms with Gasteiger partial charge in [0.15, 0.2) is 0 Å². The number of amides is 2. The van der Waals surface area contributed by atoms with Gasteiger partial charge >= 0.3 is 0 Å². The maximum atomic E-state index is 12.1. The van der Waals surface area contributed by atoms with Crippen molar-refractivity contribution in [3.8, 4) is 0 Å². The van der Waals surface area contributed by atoms with Gasteiger partial charge in [0.25, 0.3) is 5.91 Å². The molecule has 2 N–H and O–H groups in total. The lowest BCUT2D eigenvalue weighted by atomic mass is 9.97. The lowest BCUT2D eigenvalue weighted by molar-refractivity contribution is -0.122. The SMILES string of the molecule is CCN1CCC(CNC(=O)[C@H](C)NC(=O)c2cccs2)CC1. The fourth-order valence-corrected chi connectivity index (χ4v) is 3.27. The van der Waals surface area contributed by atoms with E-state index in [1.54, 1.807) is 13.0 Å². The maximum Gasteiger partial charge on any atom is 0.261 e. The summed E-state index contributed by atoms with van der Waals surface area (Å²) in [5.74, 6) is 0.253. The Kier molecular flexibility index (Phi) is 6.39. The van der Waals surface area contributed by atoms with Gasteiger partial charge in [-0.2, -0.15) is 0 Å². The summed E-state index contributed by atoms with van der Waals surface area (Å²) in [5.41, 5.74) is 0. The average Bonchev–Trinajstić information content (AvgIpc) is 3.07. The van der Waals surface area contributed by atoms with Crippen LogP contribution in [0.1, 0.15) is 36.4 Å². The topological polar surface area (TPSA) is 61.4 Å². The minimum Gasteiger partial charge on any atom is -0.354 e. The van der Waals surface area contributed by atoms with Crippen molar-refractivity contribution < 1.29 is 9.59 Å². The van der Waals surface area contributed by atoms with E-state index < -0.39 is 6.04 Å². The Hall–Kier alpha value is -1.40. The first-order valence-electron chi connectivity index (χ1n) is 7.94. The van der Waals surface area contributed by atoms with Gasteiger partial charge in [-0.1, -0.05) is 13.0 Å². The molecule has 0 unspecified atom stereocenters. The Morgan fingerprint density at radius 1 is 1.41 bits per heavy atom. The summed E-state index contributed by atoms with van der Waals surface area (Å²) in [5, 5.41) is 7.55. The molecule has 2 heterocycles. The van der Waals surface area contributed by atoms with E-state index >= 15 is 0 Å². The number of nitrogens with one attached hydrogen (secondary N) is 2. The first-order chi connectivity index (χ1) is 10.6. The van der Waals surface area contributed by atoms with E-state index in [2.05, 4.69) is 22.5 Å². The minimum atomic E-state index is -0.509. The Balaban J connectivity index is 1.69. The second-order valence-corrected chi connectivity index (χ2v) is 6.74. The van der Waals surface area contributed by atoms with Gasteiger partial charge in [0.2, 0.25) is 5.91 Å². The van der Waals surface area contributed by atoms with Gasteiger partial charge in [0.05, 0.1) is 4.88 Å². The number of thiophene rings is 1. The Morgan fingerprint density at radius 3 is 2.73 bits per heavy atom. The number of carbonyl (C=O) groups is 2. The fourth-order valence-electron chi connectivity index (χ4n) is 2.65. The molecule has 2 amide bonds. The smallest absolute Gasteiger partial charge is 0.261 e. The summed E-state index contributed by atoms with van der Waals surface area (Å²) in [4.78, 5) is 27.1. The van der Waals surface area contributed by atoms with E-state index in [0.29, 0.717) is 17.3 Å². The molecule has 6 heteroatoms. The van der Waals surface area contributed by atoms with E-state index in [-0.39, 0.29) is 11.8 Å². The molecule has 0 bridgehead atoms. The molecule has 1 aromatic heterocycles. The van der Waals surface area contributed by atoms with Crippen LogP contribution >= 0.6 is 11.3 Å².